The highest BCUT2D eigenvalue weighted by molar-refractivity contribution is 6.32. The second-order valence-corrected chi connectivity index (χ2v) is 6.10. The summed E-state index contributed by atoms with van der Waals surface area (Å²) < 4.78 is 20.2. The van der Waals surface area contributed by atoms with Gasteiger partial charge in [0.25, 0.3) is 0 Å². The highest BCUT2D eigenvalue weighted by Gasteiger charge is 2.15. The van der Waals surface area contributed by atoms with Crippen molar-refractivity contribution in [2.24, 2.45) is 0 Å². The fourth-order valence-electron chi connectivity index (χ4n) is 1.47. The average Bonchev–Trinajstić information content (AvgIpc) is 2.52. The third kappa shape index (κ3) is 15.3. The van der Waals surface area contributed by atoms with Gasteiger partial charge in [0.05, 0.1) is 32.8 Å². The van der Waals surface area contributed by atoms with Crippen LogP contribution in [0.25, 0.3) is 0 Å². The molecule has 26 heavy (non-hydrogen) atoms. The van der Waals surface area contributed by atoms with Crippen LogP contribution >= 0.6 is 0 Å². The third-order valence-electron chi connectivity index (χ3n) is 2.57. The van der Waals surface area contributed by atoms with Crippen LogP contribution in [-0.2, 0) is 33.3 Å². The molecule has 0 bridgehead atoms. The zero-order valence-corrected chi connectivity index (χ0v) is 15.4. The maximum Gasteiger partial charge on any atom is 0.407 e. The molecule has 0 rings (SSSR count). The zero-order chi connectivity index (χ0) is 20.0. The highest BCUT2D eigenvalue weighted by atomic mass is 16.6. The summed E-state index contributed by atoms with van der Waals surface area (Å²) in [6, 6.07) is 0. The molecule has 0 aliphatic carbocycles. The van der Waals surface area contributed by atoms with Crippen LogP contribution < -0.4 is 5.32 Å². The number of esters is 1. The molecule has 0 unspecified atom stereocenters. The Balaban J connectivity index is 3.41. The summed E-state index contributed by atoms with van der Waals surface area (Å²) >= 11 is 0. The molecule has 0 aliphatic heterocycles. The molecule has 0 aromatic carbocycles. The molecule has 2 N–H and O–H groups in total. The molecule has 0 radical (unpaired) electrons. The number of Topliss-reactive ketones (excluding diaryl/α,β-unsaturated/α-hetero) is 1. The predicted molar refractivity (Wildman–Crippen MR) is 88.7 cm³/mol. The van der Waals surface area contributed by atoms with Crippen molar-refractivity contribution in [3.63, 3.8) is 0 Å². The summed E-state index contributed by atoms with van der Waals surface area (Å²) in [6.45, 7) is 6.65. The van der Waals surface area contributed by atoms with Crippen molar-refractivity contribution < 1.29 is 43.2 Å². The van der Waals surface area contributed by atoms with E-state index in [1.807, 2.05) is 0 Å². The van der Waals surface area contributed by atoms with E-state index in [1.54, 1.807) is 20.8 Å². The van der Waals surface area contributed by atoms with Gasteiger partial charge in [-0.05, 0) is 20.8 Å². The fraction of sp³-hybridized carbons (Fsp3) is 0.750. The first-order valence-corrected chi connectivity index (χ1v) is 8.16. The third-order valence-corrected chi connectivity index (χ3v) is 2.57. The predicted octanol–water partition coefficient (Wildman–Crippen LogP) is 0.521. The summed E-state index contributed by atoms with van der Waals surface area (Å²) in [4.78, 5) is 43.6. The van der Waals surface area contributed by atoms with E-state index in [1.165, 1.54) is 0 Å². The standard InChI is InChI=1S/C16H27NO9/c1-16(2,3)26-15(22)17-6-7-23-8-9-24-10-11-25-13(19)5-4-12(18)14(20)21/h4-11H2,1-3H3,(H,17,22)(H,20,21). The van der Waals surface area contributed by atoms with Gasteiger partial charge in [-0.1, -0.05) is 0 Å². The van der Waals surface area contributed by atoms with E-state index in [0.717, 1.165) is 0 Å². The van der Waals surface area contributed by atoms with E-state index in [4.69, 9.17) is 24.1 Å². The highest BCUT2D eigenvalue weighted by Crippen LogP contribution is 2.06. The van der Waals surface area contributed by atoms with Crippen LogP contribution in [0.2, 0.25) is 0 Å². The molecule has 10 nitrogen and oxygen atoms in total. The molecular formula is C16H27NO9. The minimum absolute atomic E-state index is 0.000292. The smallest absolute Gasteiger partial charge is 0.407 e. The summed E-state index contributed by atoms with van der Waals surface area (Å²) in [6.07, 6.45) is -1.18. The molecule has 0 saturated heterocycles. The largest absolute Gasteiger partial charge is 0.476 e. The van der Waals surface area contributed by atoms with Crippen LogP contribution in [0, 0.1) is 0 Å². The second kappa shape index (κ2) is 13.1. The molecule has 0 fully saturated rings. The van der Waals surface area contributed by atoms with Crippen LogP contribution in [0.5, 0.6) is 0 Å². The molecule has 150 valence electrons. The molecule has 1 amide bonds. The van der Waals surface area contributed by atoms with Gasteiger partial charge in [0.1, 0.15) is 12.2 Å². The lowest BCUT2D eigenvalue weighted by molar-refractivity contribution is -0.151. The first-order chi connectivity index (χ1) is 12.1. The number of nitrogens with one attached hydrogen (secondary N) is 1. The number of aliphatic carboxylic acids is 1. The number of rotatable bonds is 13. The number of amides is 1. The molecule has 10 heteroatoms. The van der Waals surface area contributed by atoms with Crippen molar-refractivity contribution in [3.05, 3.63) is 0 Å². The molecule has 0 spiro atoms. The van der Waals surface area contributed by atoms with Crippen molar-refractivity contribution in [3.8, 4) is 0 Å². The number of alkyl carbamates (subject to hydrolysis) is 1. The number of hydrogen-bond acceptors (Lipinski definition) is 8. The number of carboxylic acid groups (broad SMARTS) is 1. The van der Waals surface area contributed by atoms with E-state index in [2.05, 4.69) is 5.32 Å². The van der Waals surface area contributed by atoms with Crippen molar-refractivity contribution in [2.75, 3.05) is 39.6 Å². The lowest BCUT2D eigenvalue weighted by atomic mass is 10.2. The Hall–Kier alpha value is -2.20. The first kappa shape index (κ1) is 23.8. The number of hydrogen-bond donors (Lipinski definition) is 2. The minimum atomic E-state index is -1.57. The van der Waals surface area contributed by atoms with Gasteiger partial charge in [-0.25, -0.2) is 9.59 Å². The summed E-state index contributed by atoms with van der Waals surface area (Å²) in [7, 11) is 0. The summed E-state index contributed by atoms with van der Waals surface area (Å²) in [5.41, 5.74) is -0.548. The van der Waals surface area contributed by atoms with Crippen LogP contribution in [0.4, 0.5) is 4.79 Å². The molecule has 0 saturated carbocycles. The molecule has 0 aromatic heterocycles. The maximum atomic E-state index is 11.3. The molecule has 0 heterocycles. The van der Waals surface area contributed by atoms with Crippen LogP contribution in [0.1, 0.15) is 33.6 Å². The SMILES string of the molecule is CC(C)(C)OC(=O)NCCOCCOCCOC(=O)CCC(=O)C(=O)O. The molecule has 0 aliphatic rings. The minimum Gasteiger partial charge on any atom is -0.476 e. The van der Waals surface area contributed by atoms with Crippen LogP contribution in [-0.4, -0.2) is 74.1 Å². The Morgan fingerprint density at radius 3 is 2.04 bits per heavy atom. The first-order valence-electron chi connectivity index (χ1n) is 8.16. The van der Waals surface area contributed by atoms with Gasteiger partial charge in [-0.15, -0.1) is 0 Å². The number of carboxylic acids is 1. The Morgan fingerprint density at radius 2 is 1.46 bits per heavy atom. The second-order valence-electron chi connectivity index (χ2n) is 6.10. The topological polar surface area (TPSA) is 137 Å². The quantitative estimate of drug-likeness (QED) is 0.267. The van der Waals surface area contributed by atoms with E-state index < -0.39 is 29.4 Å². The summed E-state index contributed by atoms with van der Waals surface area (Å²) in [5, 5.41) is 10.9. The van der Waals surface area contributed by atoms with Crippen molar-refractivity contribution in [2.45, 2.75) is 39.2 Å². The Bertz CT molecular complexity index is 471. The van der Waals surface area contributed by atoms with Crippen LogP contribution in [0.15, 0.2) is 0 Å². The number of ketones is 1. The normalized spacial score (nSPS) is 10.9. The fourth-order valence-corrected chi connectivity index (χ4v) is 1.47. The maximum absolute atomic E-state index is 11.3. The van der Waals surface area contributed by atoms with Gasteiger partial charge >= 0.3 is 18.0 Å². The molecular weight excluding hydrogens is 350 g/mol. The van der Waals surface area contributed by atoms with Gasteiger partial charge < -0.3 is 29.4 Å². The Morgan fingerprint density at radius 1 is 0.885 bits per heavy atom. The average molecular weight is 377 g/mol. The molecule has 0 atom stereocenters. The van der Waals surface area contributed by atoms with Gasteiger partial charge in [0.15, 0.2) is 0 Å². The van der Waals surface area contributed by atoms with E-state index in [0.29, 0.717) is 19.8 Å². The van der Waals surface area contributed by atoms with Gasteiger partial charge in [-0.2, -0.15) is 0 Å². The van der Waals surface area contributed by atoms with E-state index in [9.17, 15) is 19.2 Å². The lowest BCUT2D eigenvalue weighted by Gasteiger charge is -2.19. The van der Waals surface area contributed by atoms with Crippen molar-refractivity contribution in [1.82, 2.24) is 5.32 Å². The van der Waals surface area contributed by atoms with Crippen molar-refractivity contribution in [1.29, 1.82) is 0 Å². The van der Waals surface area contributed by atoms with E-state index >= 15 is 0 Å². The zero-order valence-electron chi connectivity index (χ0n) is 15.4. The summed E-state index contributed by atoms with van der Waals surface area (Å²) in [5.74, 6) is -3.26. The monoisotopic (exact) mass is 377 g/mol. The molecule has 0 aromatic rings. The van der Waals surface area contributed by atoms with Crippen LogP contribution in [0.3, 0.4) is 0 Å². The number of carbonyl (C=O) groups excluding carboxylic acids is 3. The van der Waals surface area contributed by atoms with E-state index in [-0.39, 0.29) is 32.7 Å². The lowest BCUT2D eigenvalue weighted by Crippen LogP contribution is -2.34. The Kier molecular flexibility index (Phi) is 12.0. The van der Waals surface area contributed by atoms with Gasteiger partial charge in [0, 0.05) is 13.0 Å². The van der Waals surface area contributed by atoms with Gasteiger partial charge in [-0.3, -0.25) is 9.59 Å². The van der Waals surface area contributed by atoms with Gasteiger partial charge in [0.2, 0.25) is 5.78 Å². The Labute approximate surface area is 152 Å². The number of carbonyl (C=O) groups is 4. The van der Waals surface area contributed by atoms with Crippen molar-refractivity contribution >= 4 is 23.8 Å². The number of ether oxygens (including phenoxy) is 4.